The van der Waals surface area contributed by atoms with E-state index in [-0.39, 0.29) is 10.8 Å². The van der Waals surface area contributed by atoms with Gasteiger partial charge in [0.1, 0.15) is 4.83 Å². The third kappa shape index (κ3) is 8.88. The van der Waals surface area contributed by atoms with Crippen molar-refractivity contribution in [1.82, 2.24) is 0 Å². The first-order valence-corrected chi connectivity index (χ1v) is 6.68. The summed E-state index contributed by atoms with van der Waals surface area (Å²) in [6, 6.07) is 0. The lowest BCUT2D eigenvalue weighted by Gasteiger charge is -2.06. The molecule has 0 bridgehead atoms. The van der Waals surface area contributed by atoms with E-state index in [9.17, 15) is 4.79 Å². The maximum Gasteiger partial charge on any atom is 0.338 e. The summed E-state index contributed by atoms with van der Waals surface area (Å²) in [6.45, 7) is 2.22. The second-order valence-corrected chi connectivity index (χ2v) is 4.92. The number of carbonyl (C=O) groups is 1. The SMILES string of the molecule is CCCCCCCCCC(Br)C(=O)ON. The molecule has 90 valence electrons. The normalized spacial score (nSPS) is 12.5. The molecule has 0 aliphatic rings. The van der Waals surface area contributed by atoms with E-state index in [0.717, 1.165) is 12.8 Å². The standard InChI is InChI=1S/C11H22BrNO2/c1-2-3-4-5-6-7-8-9-10(12)11(14)15-13/h10H,2-9,13H2,1H3. The molecule has 0 aromatic carbocycles. The maximum atomic E-state index is 10.9. The second-order valence-electron chi connectivity index (χ2n) is 3.81. The van der Waals surface area contributed by atoms with Crippen LogP contribution in [0.25, 0.3) is 0 Å². The number of carbonyl (C=O) groups excluding carboxylic acids is 1. The van der Waals surface area contributed by atoms with Crippen LogP contribution in [0.1, 0.15) is 58.3 Å². The van der Waals surface area contributed by atoms with E-state index in [1.54, 1.807) is 0 Å². The van der Waals surface area contributed by atoms with Crippen LogP contribution in [0.5, 0.6) is 0 Å². The molecule has 0 amide bonds. The number of nitrogens with two attached hydrogens (primary N) is 1. The zero-order valence-corrected chi connectivity index (χ0v) is 11.1. The lowest BCUT2D eigenvalue weighted by Crippen LogP contribution is -2.20. The Kier molecular flexibility index (Phi) is 10.4. The highest BCUT2D eigenvalue weighted by Gasteiger charge is 2.14. The summed E-state index contributed by atoms with van der Waals surface area (Å²) >= 11 is 3.24. The van der Waals surface area contributed by atoms with Gasteiger partial charge in [-0.2, -0.15) is 5.90 Å². The fraction of sp³-hybridized carbons (Fsp3) is 0.909. The third-order valence-electron chi connectivity index (χ3n) is 2.43. The van der Waals surface area contributed by atoms with Gasteiger partial charge in [0.25, 0.3) is 0 Å². The molecule has 0 heterocycles. The van der Waals surface area contributed by atoms with Gasteiger partial charge in [0.2, 0.25) is 0 Å². The zero-order valence-electron chi connectivity index (χ0n) is 9.51. The van der Waals surface area contributed by atoms with Crippen molar-refractivity contribution in [3.05, 3.63) is 0 Å². The number of hydrogen-bond donors (Lipinski definition) is 1. The number of halogens is 1. The fourth-order valence-corrected chi connectivity index (χ4v) is 1.90. The van der Waals surface area contributed by atoms with Crippen molar-refractivity contribution in [2.24, 2.45) is 5.90 Å². The van der Waals surface area contributed by atoms with E-state index in [4.69, 9.17) is 5.90 Å². The molecule has 1 unspecified atom stereocenters. The number of rotatable bonds is 9. The van der Waals surface area contributed by atoms with E-state index >= 15 is 0 Å². The van der Waals surface area contributed by atoms with E-state index in [1.165, 1.54) is 38.5 Å². The minimum atomic E-state index is -0.374. The molecular weight excluding hydrogens is 258 g/mol. The first kappa shape index (κ1) is 14.9. The van der Waals surface area contributed by atoms with Gasteiger partial charge in [-0.3, -0.25) is 0 Å². The molecule has 0 spiro atoms. The Bertz CT molecular complexity index is 165. The van der Waals surface area contributed by atoms with Crippen LogP contribution >= 0.6 is 15.9 Å². The van der Waals surface area contributed by atoms with Crippen molar-refractivity contribution < 1.29 is 9.63 Å². The van der Waals surface area contributed by atoms with Gasteiger partial charge in [0.05, 0.1) is 0 Å². The Balaban J connectivity index is 3.20. The largest absolute Gasteiger partial charge is 0.372 e. The van der Waals surface area contributed by atoms with Gasteiger partial charge in [-0.1, -0.05) is 67.8 Å². The molecule has 0 aliphatic carbocycles. The van der Waals surface area contributed by atoms with Crippen molar-refractivity contribution in [3.8, 4) is 0 Å². The van der Waals surface area contributed by atoms with Crippen LogP contribution in [0.15, 0.2) is 0 Å². The Hall–Kier alpha value is -0.0900. The molecule has 0 fully saturated rings. The molecular formula is C11H22BrNO2. The summed E-state index contributed by atoms with van der Waals surface area (Å²) in [6.07, 6.45) is 9.57. The van der Waals surface area contributed by atoms with Gasteiger partial charge in [-0.05, 0) is 6.42 Å². The Morgan fingerprint density at radius 3 is 2.27 bits per heavy atom. The van der Waals surface area contributed by atoms with Crippen LogP contribution in [-0.2, 0) is 9.63 Å². The van der Waals surface area contributed by atoms with Gasteiger partial charge in [-0.15, -0.1) is 0 Å². The van der Waals surface area contributed by atoms with Crippen molar-refractivity contribution in [2.75, 3.05) is 0 Å². The van der Waals surface area contributed by atoms with Crippen LogP contribution < -0.4 is 5.90 Å². The topological polar surface area (TPSA) is 52.3 Å². The average molecular weight is 280 g/mol. The minimum Gasteiger partial charge on any atom is -0.372 e. The minimum absolute atomic E-state index is 0.238. The van der Waals surface area contributed by atoms with Crippen LogP contribution in [-0.4, -0.2) is 10.8 Å². The molecule has 3 nitrogen and oxygen atoms in total. The Morgan fingerprint density at radius 1 is 1.20 bits per heavy atom. The lowest BCUT2D eigenvalue weighted by molar-refractivity contribution is -0.143. The van der Waals surface area contributed by atoms with Gasteiger partial charge < -0.3 is 4.84 Å². The summed E-state index contributed by atoms with van der Waals surface area (Å²) in [5, 5.41) is 0. The quantitative estimate of drug-likeness (QED) is 0.400. The maximum absolute atomic E-state index is 10.9. The van der Waals surface area contributed by atoms with Gasteiger partial charge in [0, 0.05) is 0 Å². The Labute approximate surface area is 101 Å². The molecule has 15 heavy (non-hydrogen) atoms. The highest BCUT2D eigenvalue weighted by molar-refractivity contribution is 9.10. The van der Waals surface area contributed by atoms with Crippen molar-refractivity contribution in [3.63, 3.8) is 0 Å². The molecule has 4 heteroatoms. The monoisotopic (exact) mass is 279 g/mol. The number of unbranched alkanes of at least 4 members (excludes halogenated alkanes) is 6. The highest BCUT2D eigenvalue weighted by atomic mass is 79.9. The van der Waals surface area contributed by atoms with Crippen molar-refractivity contribution in [2.45, 2.75) is 63.1 Å². The molecule has 0 rings (SSSR count). The van der Waals surface area contributed by atoms with Gasteiger partial charge in [0.15, 0.2) is 0 Å². The van der Waals surface area contributed by atoms with Crippen LogP contribution in [0.2, 0.25) is 0 Å². The average Bonchev–Trinajstić information content (AvgIpc) is 2.26. The molecule has 0 aromatic rings. The molecule has 0 aromatic heterocycles. The zero-order chi connectivity index (χ0) is 11.5. The van der Waals surface area contributed by atoms with E-state index in [2.05, 4.69) is 27.7 Å². The number of hydrogen-bond acceptors (Lipinski definition) is 3. The Morgan fingerprint density at radius 2 is 1.73 bits per heavy atom. The summed E-state index contributed by atoms with van der Waals surface area (Å²) in [5.41, 5.74) is 0. The first-order valence-electron chi connectivity index (χ1n) is 5.77. The summed E-state index contributed by atoms with van der Waals surface area (Å²) < 4.78 is 0. The lowest BCUT2D eigenvalue weighted by atomic mass is 10.1. The van der Waals surface area contributed by atoms with Crippen molar-refractivity contribution in [1.29, 1.82) is 0 Å². The predicted octanol–water partition coefficient (Wildman–Crippen LogP) is 3.31. The first-order chi connectivity index (χ1) is 7.22. The molecule has 0 radical (unpaired) electrons. The van der Waals surface area contributed by atoms with Gasteiger partial charge in [-0.25, -0.2) is 4.79 Å². The fourth-order valence-electron chi connectivity index (χ4n) is 1.47. The van der Waals surface area contributed by atoms with E-state index in [1.807, 2.05) is 0 Å². The molecule has 0 saturated heterocycles. The van der Waals surface area contributed by atoms with E-state index in [0.29, 0.717) is 0 Å². The van der Waals surface area contributed by atoms with Crippen LogP contribution in [0.4, 0.5) is 0 Å². The highest BCUT2D eigenvalue weighted by Crippen LogP contribution is 2.14. The molecule has 0 aliphatic heterocycles. The summed E-state index contributed by atoms with van der Waals surface area (Å²) in [4.78, 5) is 14.8. The molecule has 2 N–H and O–H groups in total. The molecule has 0 saturated carbocycles. The molecule has 1 atom stereocenters. The second kappa shape index (κ2) is 10.4. The van der Waals surface area contributed by atoms with E-state index < -0.39 is 0 Å². The third-order valence-corrected chi connectivity index (χ3v) is 3.26. The smallest absolute Gasteiger partial charge is 0.338 e. The number of alkyl halides is 1. The van der Waals surface area contributed by atoms with Crippen LogP contribution in [0.3, 0.4) is 0 Å². The summed E-state index contributed by atoms with van der Waals surface area (Å²) in [5.74, 6) is 4.40. The van der Waals surface area contributed by atoms with Crippen LogP contribution in [0, 0.1) is 0 Å². The van der Waals surface area contributed by atoms with Crippen molar-refractivity contribution >= 4 is 21.9 Å². The predicted molar refractivity (Wildman–Crippen MR) is 65.6 cm³/mol. The van der Waals surface area contributed by atoms with Gasteiger partial charge >= 0.3 is 5.97 Å². The summed E-state index contributed by atoms with van der Waals surface area (Å²) in [7, 11) is 0.